The van der Waals surface area contributed by atoms with Crippen LogP contribution in [-0.2, 0) is 6.42 Å². The number of benzene rings is 1. The molecule has 18 heavy (non-hydrogen) atoms. The maximum Gasteiger partial charge on any atom is 0.146 e. The van der Waals surface area contributed by atoms with Gasteiger partial charge in [0.25, 0.3) is 0 Å². The summed E-state index contributed by atoms with van der Waals surface area (Å²) in [6.45, 7) is 1.92. The third-order valence-electron chi connectivity index (χ3n) is 3.39. The molecule has 1 aromatic heterocycles. The lowest BCUT2D eigenvalue weighted by atomic mass is 10.1. The Bertz CT molecular complexity index is 573. The van der Waals surface area contributed by atoms with Crippen LogP contribution < -0.4 is 5.32 Å². The van der Waals surface area contributed by atoms with Gasteiger partial charge < -0.3 is 5.32 Å². The maximum atomic E-state index is 13.8. The molecule has 0 radical (unpaired) electrons. The Labute approximate surface area is 115 Å². The molecule has 1 nitrogen and oxygen atoms in total. The lowest BCUT2D eigenvalue weighted by molar-refractivity contribution is 0.623. The van der Waals surface area contributed by atoms with Crippen LogP contribution in [0.3, 0.4) is 0 Å². The van der Waals surface area contributed by atoms with E-state index in [2.05, 4.69) is 5.32 Å². The van der Waals surface area contributed by atoms with Crippen molar-refractivity contribution in [1.29, 1.82) is 0 Å². The zero-order valence-electron chi connectivity index (χ0n) is 9.97. The molecular formula is C14H13ClFNS. The SMILES string of the molecule is Cc1cccc(F)c1NC1CCc2sc(Cl)cc21. The minimum Gasteiger partial charge on any atom is -0.376 e. The normalized spacial score (nSPS) is 17.8. The molecule has 0 aliphatic heterocycles. The molecule has 0 fully saturated rings. The van der Waals surface area contributed by atoms with Crippen LogP contribution in [0.1, 0.15) is 28.5 Å². The highest BCUT2D eigenvalue weighted by molar-refractivity contribution is 7.16. The fourth-order valence-electron chi connectivity index (χ4n) is 2.47. The first-order valence-corrected chi connectivity index (χ1v) is 7.14. The summed E-state index contributed by atoms with van der Waals surface area (Å²) >= 11 is 7.66. The van der Waals surface area contributed by atoms with Crippen molar-refractivity contribution >= 4 is 28.6 Å². The van der Waals surface area contributed by atoms with Crippen molar-refractivity contribution in [2.75, 3.05) is 5.32 Å². The number of aryl methyl sites for hydroxylation is 2. The molecule has 1 atom stereocenters. The van der Waals surface area contributed by atoms with Crippen molar-refractivity contribution < 1.29 is 4.39 Å². The molecule has 0 spiro atoms. The third kappa shape index (κ3) is 2.02. The predicted octanol–water partition coefficient (Wildman–Crippen LogP) is 4.95. The first-order chi connectivity index (χ1) is 8.65. The second-order valence-corrected chi connectivity index (χ2v) is 6.36. The maximum absolute atomic E-state index is 13.8. The highest BCUT2D eigenvalue weighted by Crippen LogP contribution is 2.41. The van der Waals surface area contributed by atoms with Crippen LogP contribution in [-0.4, -0.2) is 0 Å². The lowest BCUT2D eigenvalue weighted by Crippen LogP contribution is -2.09. The molecule has 4 heteroatoms. The first kappa shape index (κ1) is 12.0. The van der Waals surface area contributed by atoms with Crippen molar-refractivity contribution in [2.24, 2.45) is 0 Å². The summed E-state index contributed by atoms with van der Waals surface area (Å²) in [5.41, 5.74) is 2.77. The van der Waals surface area contributed by atoms with Gasteiger partial charge in [-0.2, -0.15) is 0 Å². The quantitative estimate of drug-likeness (QED) is 0.821. The fraction of sp³-hybridized carbons (Fsp3) is 0.286. The Hall–Kier alpha value is -1.06. The standard InChI is InChI=1S/C14H13ClFNS/c1-8-3-2-4-10(16)14(8)17-11-5-6-12-9(11)7-13(15)18-12/h2-4,7,11,17H,5-6H2,1H3. The van der Waals surface area contributed by atoms with Gasteiger partial charge in [-0.25, -0.2) is 4.39 Å². The van der Waals surface area contributed by atoms with Gasteiger partial charge in [0, 0.05) is 4.88 Å². The second kappa shape index (κ2) is 4.56. The van der Waals surface area contributed by atoms with Gasteiger partial charge in [-0.15, -0.1) is 11.3 Å². The van der Waals surface area contributed by atoms with E-state index in [-0.39, 0.29) is 11.9 Å². The van der Waals surface area contributed by atoms with E-state index in [1.54, 1.807) is 17.4 Å². The lowest BCUT2D eigenvalue weighted by Gasteiger charge is -2.17. The smallest absolute Gasteiger partial charge is 0.146 e. The summed E-state index contributed by atoms with van der Waals surface area (Å²) in [6.07, 6.45) is 2.03. The molecule has 1 N–H and O–H groups in total. The molecule has 1 aromatic carbocycles. The summed E-state index contributed by atoms with van der Waals surface area (Å²) in [5.74, 6) is -0.190. The molecule has 1 unspecified atom stereocenters. The van der Waals surface area contributed by atoms with Gasteiger partial charge in [-0.3, -0.25) is 0 Å². The van der Waals surface area contributed by atoms with E-state index in [9.17, 15) is 4.39 Å². The Morgan fingerprint density at radius 3 is 3.06 bits per heavy atom. The van der Waals surface area contributed by atoms with Crippen LogP contribution in [0.2, 0.25) is 4.34 Å². The summed E-state index contributed by atoms with van der Waals surface area (Å²) in [6, 6.07) is 7.33. The molecular weight excluding hydrogens is 269 g/mol. The van der Waals surface area contributed by atoms with E-state index in [1.165, 1.54) is 16.5 Å². The molecule has 0 bridgehead atoms. The Kier molecular flexibility index (Phi) is 3.04. The number of hydrogen-bond donors (Lipinski definition) is 1. The molecule has 94 valence electrons. The second-order valence-electron chi connectivity index (χ2n) is 4.60. The average molecular weight is 282 g/mol. The van der Waals surface area contributed by atoms with E-state index in [1.807, 2.05) is 19.1 Å². The van der Waals surface area contributed by atoms with Crippen LogP contribution in [0.15, 0.2) is 24.3 Å². The van der Waals surface area contributed by atoms with Crippen LogP contribution >= 0.6 is 22.9 Å². The number of nitrogens with one attached hydrogen (secondary N) is 1. The predicted molar refractivity (Wildman–Crippen MR) is 75.2 cm³/mol. The topological polar surface area (TPSA) is 12.0 Å². The van der Waals surface area contributed by atoms with Crippen molar-refractivity contribution in [2.45, 2.75) is 25.8 Å². The van der Waals surface area contributed by atoms with Crippen molar-refractivity contribution in [3.05, 3.63) is 50.4 Å². The number of hydrogen-bond acceptors (Lipinski definition) is 2. The molecule has 0 amide bonds. The van der Waals surface area contributed by atoms with Crippen molar-refractivity contribution in [3.8, 4) is 0 Å². The van der Waals surface area contributed by atoms with Crippen LogP contribution in [0.25, 0.3) is 0 Å². The van der Waals surface area contributed by atoms with Gasteiger partial charge in [0.05, 0.1) is 16.1 Å². The number of rotatable bonds is 2. The Morgan fingerprint density at radius 1 is 1.44 bits per heavy atom. The number of para-hydroxylation sites is 1. The summed E-state index contributed by atoms with van der Waals surface area (Å²) < 4.78 is 14.6. The molecule has 1 aliphatic rings. The Balaban J connectivity index is 1.90. The summed E-state index contributed by atoms with van der Waals surface area (Å²) in [7, 11) is 0. The molecule has 3 rings (SSSR count). The van der Waals surface area contributed by atoms with E-state index >= 15 is 0 Å². The van der Waals surface area contributed by atoms with Crippen molar-refractivity contribution in [3.63, 3.8) is 0 Å². The zero-order chi connectivity index (χ0) is 12.7. The molecule has 1 aliphatic carbocycles. The molecule has 1 heterocycles. The van der Waals surface area contributed by atoms with Gasteiger partial charge in [-0.1, -0.05) is 23.7 Å². The van der Waals surface area contributed by atoms with Crippen LogP contribution in [0, 0.1) is 12.7 Å². The van der Waals surface area contributed by atoms with E-state index < -0.39 is 0 Å². The number of anilines is 1. The number of fused-ring (bicyclic) bond motifs is 1. The van der Waals surface area contributed by atoms with Crippen molar-refractivity contribution in [1.82, 2.24) is 0 Å². The Morgan fingerprint density at radius 2 is 2.28 bits per heavy atom. The van der Waals surface area contributed by atoms with Gasteiger partial charge in [0.2, 0.25) is 0 Å². The highest BCUT2D eigenvalue weighted by atomic mass is 35.5. The average Bonchev–Trinajstić information content (AvgIpc) is 2.84. The van der Waals surface area contributed by atoms with Gasteiger partial charge in [-0.05, 0) is 43.0 Å². The van der Waals surface area contributed by atoms with E-state index in [0.717, 1.165) is 22.7 Å². The van der Waals surface area contributed by atoms with Gasteiger partial charge >= 0.3 is 0 Å². The van der Waals surface area contributed by atoms with E-state index in [0.29, 0.717) is 5.69 Å². The molecule has 0 saturated heterocycles. The summed E-state index contributed by atoms with van der Waals surface area (Å²) in [5, 5.41) is 3.32. The highest BCUT2D eigenvalue weighted by Gasteiger charge is 2.25. The minimum atomic E-state index is -0.190. The van der Waals surface area contributed by atoms with E-state index in [4.69, 9.17) is 11.6 Å². The number of halogens is 2. The zero-order valence-corrected chi connectivity index (χ0v) is 11.5. The monoisotopic (exact) mass is 281 g/mol. The van der Waals surface area contributed by atoms with Crippen LogP contribution in [0.4, 0.5) is 10.1 Å². The van der Waals surface area contributed by atoms with Gasteiger partial charge in [0.15, 0.2) is 0 Å². The largest absolute Gasteiger partial charge is 0.376 e. The third-order valence-corrected chi connectivity index (χ3v) is 4.73. The summed E-state index contributed by atoms with van der Waals surface area (Å²) in [4.78, 5) is 1.33. The minimum absolute atomic E-state index is 0.180. The van der Waals surface area contributed by atoms with Crippen LogP contribution in [0.5, 0.6) is 0 Å². The first-order valence-electron chi connectivity index (χ1n) is 5.95. The number of thiophene rings is 1. The molecule has 2 aromatic rings. The van der Waals surface area contributed by atoms with Gasteiger partial charge in [0.1, 0.15) is 5.82 Å². The fourth-order valence-corrected chi connectivity index (χ4v) is 3.83. The molecule has 0 saturated carbocycles.